The first-order chi connectivity index (χ1) is 16.0. The minimum atomic E-state index is -1.02. The first-order valence-electron chi connectivity index (χ1n) is 10.4. The van der Waals surface area contributed by atoms with Gasteiger partial charge in [0.15, 0.2) is 11.9 Å². The number of rotatable bonds is 9. The predicted octanol–water partition coefficient (Wildman–Crippen LogP) is 5.41. The fourth-order valence-corrected chi connectivity index (χ4v) is 3.95. The van der Waals surface area contributed by atoms with Gasteiger partial charge in [0.1, 0.15) is 5.75 Å². The van der Waals surface area contributed by atoms with Gasteiger partial charge in [-0.25, -0.2) is 9.78 Å². The van der Waals surface area contributed by atoms with Crippen molar-refractivity contribution in [2.45, 2.75) is 19.6 Å². The van der Waals surface area contributed by atoms with Crippen LogP contribution in [0.15, 0.2) is 83.8 Å². The molecule has 0 saturated heterocycles. The van der Waals surface area contributed by atoms with Crippen molar-refractivity contribution in [3.8, 4) is 16.9 Å². The van der Waals surface area contributed by atoms with Gasteiger partial charge >= 0.3 is 5.97 Å². The summed E-state index contributed by atoms with van der Waals surface area (Å²) in [6, 6.07) is 16.8. The Kier molecular flexibility index (Phi) is 6.80. The van der Waals surface area contributed by atoms with E-state index in [2.05, 4.69) is 16.4 Å². The Labute approximate surface area is 195 Å². The van der Waals surface area contributed by atoms with E-state index in [1.54, 1.807) is 46.5 Å². The molecule has 1 N–H and O–H groups in total. The normalized spacial score (nSPS) is 12.0. The van der Waals surface area contributed by atoms with Crippen molar-refractivity contribution in [3.05, 3.63) is 101 Å². The Morgan fingerprint density at radius 1 is 1.15 bits per heavy atom. The average Bonchev–Trinajstić information content (AvgIpc) is 3.51. The van der Waals surface area contributed by atoms with E-state index >= 15 is 0 Å². The highest BCUT2D eigenvalue weighted by Crippen LogP contribution is 2.23. The third-order valence-corrected chi connectivity index (χ3v) is 5.73. The molecule has 33 heavy (non-hydrogen) atoms. The maximum atomic E-state index is 13.0. The minimum absolute atomic E-state index is 0.136. The average molecular weight is 459 g/mol. The topological polar surface area (TPSA) is 81.4 Å². The van der Waals surface area contributed by atoms with E-state index in [9.17, 15) is 9.59 Å². The Hall–Kier alpha value is -3.97. The maximum absolute atomic E-state index is 13.0. The number of thiophene rings is 1. The van der Waals surface area contributed by atoms with E-state index in [1.807, 2.05) is 47.9 Å². The smallest absolute Gasteiger partial charge is 0.344 e. The number of ketones is 1. The van der Waals surface area contributed by atoms with Gasteiger partial charge < -0.3 is 14.4 Å². The molecule has 4 aromatic rings. The largest absolute Gasteiger partial charge is 0.479 e. The second kappa shape index (κ2) is 10.1. The maximum Gasteiger partial charge on any atom is 0.344 e. The molecule has 7 heteroatoms. The van der Waals surface area contributed by atoms with Crippen LogP contribution < -0.4 is 4.74 Å². The lowest BCUT2D eigenvalue weighted by Gasteiger charge is -2.10. The van der Waals surface area contributed by atoms with Crippen molar-refractivity contribution in [2.75, 3.05) is 0 Å². The molecular formula is C26H22N2O4S. The number of hydrogen-bond acceptors (Lipinski definition) is 5. The van der Waals surface area contributed by atoms with Gasteiger partial charge in [-0.15, -0.1) is 0 Å². The Morgan fingerprint density at radius 3 is 2.70 bits per heavy atom. The van der Waals surface area contributed by atoms with E-state index in [0.717, 1.165) is 16.7 Å². The Balaban J connectivity index is 1.43. The number of imidazole rings is 1. The van der Waals surface area contributed by atoms with Gasteiger partial charge in [-0.05, 0) is 52.6 Å². The first kappa shape index (κ1) is 22.2. The van der Waals surface area contributed by atoms with E-state index in [-0.39, 0.29) is 5.78 Å². The van der Waals surface area contributed by atoms with Crippen LogP contribution in [-0.2, 0) is 11.3 Å². The number of benzene rings is 2. The molecule has 0 aliphatic rings. The van der Waals surface area contributed by atoms with Crippen LogP contribution in [0.2, 0.25) is 0 Å². The number of allylic oxidation sites excluding steroid dienone is 1. The fourth-order valence-electron chi connectivity index (χ4n) is 3.29. The molecule has 0 radical (unpaired) electrons. The summed E-state index contributed by atoms with van der Waals surface area (Å²) in [5.41, 5.74) is 3.66. The molecule has 0 unspecified atom stereocenters. The van der Waals surface area contributed by atoms with Crippen LogP contribution in [0.4, 0.5) is 0 Å². The van der Waals surface area contributed by atoms with Crippen LogP contribution in [0.1, 0.15) is 28.7 Å². The number of carboxylic acid groups (broad SMARTS) is 1. The number of aromatic nitrogens is 2. The molecule has 2 heterocycles. The fraction of sp³-hybridized carbons (Fsp3) is 0.115. The lowest BCUT2D eigenvalue weighted by Crippen LogP contribution is -2.22. The molecule has 0 amide bonds. The van der Waals surface area contributed by atoms with Crippen LogP contribution in [0.3, 0.4) is 0 Å². The van der Waals surface area contributed by atoms with Crippen molar-refractivity contribution < 1.29 is 19.4 Å². The summed E-state index contributed by atoms with van der Waals surface area (Å²) < 4.78 is 7.20. The number of ether oxygens (including phenoxy) is 1. The first-order valence-corrected chi connectivity index (χ1v) is 11.3. The van der Waals surface area contributed by atoms with Crippen LogP contribution in [0.25, 0.3) is 17.2 Å². The molecule has 0 spiro atoms. The molecule has 2 aromatic heterocycles. The van der Waals surface area contributed by atoms with Crippen molar-refractivity contribution >= 4 is 29.2 Å². The van der Waals surface area contributed by atoms with Crippen molar-refractivity contribution in [2.24, 2.45) is 0 Å². The minimum Gasteiger partial charge on any atom is -0.479 e. The van der Waals surface area contributed by atoms with Crippen LogP contribution >= 0.6 is 11.3 Å². The highest BCUT2D eigenvalue weighted by Gasteiger charge is 2.15. The monoisotopic (exact) mass is 458 g/mol. The molecule has 0 aliphatic carbocycles. The molecule has 4 rings (SSSR count). The van der Waals surface area contributed by atoms with E-state index in [1.165, 1.54) is 6.92 Å². The Bertz CT molecular complexity index is 1270. The highest BCUT2D eigenvalue weighted by atomic mass is 32.1. The van der Waals surface area contributed by atoms with E-state index in [4.69, 9.17) is 9.84 Å². The van der Waals surface area contributed by atoms with Crippen LogP contribution in [0.5, 0.6) is 5.75 Å². The zero-order valence-electron chi connectivity index (χ0n) is 17.9. The third kappa shape index (κ3) is 5.45. The lowest BCUT2D eigenvalue weighted by atomic mass is 10.0. The summed E-state index contributed by atoms with van der Waals surface area (Å²) in [4.78, 5) is 28.2. The summed E-state index contributed by atoms with van der Waals surface area (Å²) in [6.45, 7) is 1.95. The summed E-state index contributed by atoms with van der Waals surface area (Å²) >= 11 is 1.64. The molecular weight excluding hydrogens is 436 g/mol. The summed E-state index contributed by atoms with van der Waals surface area (Å²) in [5, 5.41) is 13.1. The molecule has 1 atom stereocenters. The molecule has 0 aliphatic heterocycles. The van der Waals surface area contributed by atoms with Gasteiger partial charge in [-0.3, -0.25) is 4.79 Å². The zero-order valence-corrected chi connectivity index (χ0v) is 18.7. The van der Waals surface area contributed by atoms with E-state index < -0.39 is 12.1 Å². The van der Waals surface area contributed by atoms with Crippen LogP contribution in [0, 0.1) is 0 Å². The second-order valence-electron chi connectivity index (χ2n) is 7.39. The van der Waals surface area contributed by atoms with Gasteiger partial charge in [-0.2, -0.15) is 11.3 Å². The zero-order chi connectivity index (χ0) is 23.2. The van der Waals surface area contributed by atoms with Gasteiger partial charge in [0.2, 0.25) is 5.78 Å². The lowest BCUT2D eigenvalue weighted by molar-refractivity contribution is -0.144. The van der Waals surface area contributed by atoms with Crippen molar-refractivity contribution in [1.29, 1.82) is 0 Å². The molecule has 2 aromatic carbocycles. The van der Waals surface area contributed by atoms with Gasteiger partial charge in [0.25, 0.3) is 0 Å². The number of carbonyl (C=O) groups excluding carboxylic acids is 1. The number of carbonyl (C=O) groups is 2. The SMILES string of the molecule is C[C@H](Oc1cccc(/C=C/Cn2ccnc2C(=O)c2ccc(-c3ccsc3)cc2)c1)C(=O)O. The van der Waals surface area contributed by atoms with Gasteiger partial charge in [0.05, 0.1) is 0 Å². The van der Waals surface area contributed by atoms with Crippen molar-refractivity contribution in [1.82, 2.24) is 9.55 Å². The Morgan fingerprint density at radius 2 is 1.97 bits per heavy atom. The van der Waals surface area contributed by atoms with Crippen LogP contribution in [-0.4, -0.2) is 32.5 Å². The number of carboxylic acids is 1. The van der Waals surface area contributed by atoms with E-state index in [0.29, 0.717) is 23.7 Å². The highest BCUT2D eigenvalue weighted by molar-refractivity contribution is 7.08. The van der Waals surface area contributed by atoms with Crippen molar-refractivity contribution in [3.63, 3.8) is 0 Å². The quantitative estimate of drug-likeness (QED) is 0.339. The molecule has 0 saturated carbocycles. The third-order valence-electron chi connectivity index (χ3n) is 5.05. The van der Waals surface area contributed by atoms with Gasteiger partial charge in [0, 0.05) is 24.5 Å². The summed E-state index contributed by atoms with van der Waals surface area (Å²) in [6.07, 6.45) is 6.26. The summed E-state index contributed by atoms with van der Waals surface area (Å²) in [7, 11) is 0. The molecule has 0 bridgehead atoms. The summed E-state index contributed by atoms with van der Waals surface area (Å²) in [5.74, 6) is -0.301. The second-order valence-corrected chi connectivity index (χ2v) is 8.17. The van der Waals surface area contributed by atoms with Gasteiger partial charge in [-0.1, -0.05) is 48.6 Å². The molecule has 0 fully saturated rings. The standard InChI is InChI=1S/C26H22N2O4S/c1-18(26(30)31)32-23-6-2-4-19(16-23)5-3-13-28-14-12-27-25(28)24(29)21-9-7-20(8-10-21)22-11-15-33-17-22/h2-12,14-18H,13H2,1H3,(H,30,31)/b5-3+/t18-/m0/s1. The molecule has 166 valence electrons. The molecule has 6 nitrogen and oxygen atoms in total. The number of hydrogen-bond donors (Lipinski definition) is 1. The predicted molar refractivity (Wildman–Crippen MR) is 129 cm³/mol. The number of aliphatic carboxylic acids is 1. The number of nitrogens with zero attached hydrogens (tertiary/aromatic N) is 2.